The Bertz CT molecular complexity index is 736. The molecule has 1 amide bonds. The highest BCUT2D eigenvalue weighted by Crippen LogP contribution is 2.32. The van der Waals surface area contributed by atoms with Gasteiger partial charge in [0.15, 0.2) is 0 Å². The van der Waals surface area contributed by atoms with Crippen LogP contribution in [0.4, 0.5) is 5.69 Å². The zero-order valence-corrected chi connectivity index (χ0v) is 18.0. The van der Waals surface area contributed by atoms with Crippen LogP contribution in [0.2, 0.25) is 0 Å². The lowest BCUT2D eigenvalue weighted by Crippen LogP contribution is -2.48. The van der Waals surface area contributed by atoms with Gasteiger partial charge in [-0.2, -0.15) is 0 Å². The van der Waals surface area contributed by atoms with Crippen LogP contribution < -0.4 is 5.32 Å². The molecule has 3 rings (SSSR count). The van der Waals surface area contributed by atoms with E-state index in [1.54, 1.807) is 0 Å². The average Bonchev–Trinajstić information content (AvgIpc) is 2.61. The van der Waals surface area contributed by atoms with Crippen LogP contribution in [0.15, 0.2) is 51.4 Å². The molecule has 6 heteroatoms. The van der Waals surface area contributed by atoms with Gasteiger partial charge in [-0.1, -0.05) is 30.3 Å². The fourth-order valence-electron chi connectivity index (χ4n) is 3.15. The maximum atomic E-state index is 12.4. The number of benzene rings is 2. The van der Waals surface area contributed by atoms with Crippen molar-refractivity contribution < 1.29 is 4.79 Å². The van der Waals surface area contributed by atoms with E-state index in [4.69, 9.17) is 0 Å². The average molecular weight is 481 g/mol. The topological polar surface area (TPSA) is 35.6 Å². The summed E-state index contributed by atoms with van der Waals surface area (Å²) in [7, 11) is 0. The van der Waals surface area contributed by atoms with E-state index in [1.807, 2.05) is 25.1 Å². The molecule has 4 nitrogen and oxygen atoms in total. The lowest BCUT2D eigenvalue weighted by molar-refractivity contribution is -0.117. The first-order valence-corrected chi connectivity index (χ1v) is 10.3. The fourth-order valence-corrected chi connectivity index (χ4v) is 4.76. The third-order valence-electron chi connectivity index (χ3n) is 4.53. The fraction of sp³-hybridized carbons (Fsp3) is 0.350. The van der Waals surface area contributed by atoms with Crippen molar-refractivity contribution >= 4 is 43.5 Å². The van der Waals surface area contributed by atoms with Crippen molar-refractivity contribution in [3.8, 4) is 0 Å². The summed E-state index contributed by atoms with van der Waals surface area (Å²) in [4.78, 5) is 17.1. The van der Waals surface area contributed by atoms with E-state index in [0.717, 1.165) is 52.9 Å². The minimum Gasteiger partial charge on any atom is -0.323 e. The zero-order valence-electron chi connectivity index (χ0n) is 14.8. The lowest BCUT2D eigenvalue weighted by Gasteiger charge is -2.34. The Morgan fingerprint density at radius 1 is 1.00 bits per heavy atom. The second-order valence-electron chi connectivity index (χ2n) is 6.69. The van der Waals surface area contributed by atoms with E-state index in [-0.39, 0.29) is 5.91 Å². The molecule has 138 valence electrons. The Morgan fingerprint density at radius 3 is 2.19 bits per heavy atom. The number of hydrogen-bond acceptors (Lipinski definition) is 3. The molecular weight excluding hydrogens is 458 g/mol. The normalized spacial score (nSPS) is 15.8. The van der Waals surface area contributed by atoms with Crippen molar-refractivity contribution in [1.82, 2.24) is 9.80 Å². The second kappa shape index (κ2) is 9.13. The predicted molar refractivity (Wildman–Crippen MR) is 113 cm³/mol. The molecule has 0 aliphatic carbocycles. The maximum absolute atomic E-state index is 12.4. The number of aryl methyl sites for hydroxylation is 1. The van der Waals surface area contributed by atoms with Gasteiger partial charge in [0, 0.05) is 41.7 Å². The maximum Gasteiger partial charge on any atom is 0.238 e. The number of carbonyl (C=O) groups is 1. The number of hydrogen-bond donors (Lipinski definition) is 1. The second-order valence-corrected chi connectivity index (χ2v) is 8.40. The van der Waals surface area contributed by atoms with Crippen molar-refractivity contribution in [3.63, 3.8) is 0 Å². The molecule has 0 atom stereocenters. The monoisotopic (exact) mass is 479 g/mol. The molecule has 2 aromatic carbocycles. The first-order valence-electron chi connectivity index (χ1n) is 8.75. The van der Waals surface area contributed by atoms with Crippen LogP contribution in [0.25, 0.3) is 0 Å². The van der Waals surface area contributed by atoms with Crippen LogP contribution in [0, 0.1) is 6.92 Å². The molecule has 0 unspecified atom stereocenters. The van der Waals surface area contributed by atoms with Gasteiger partial charge in [0.2, 0.25) is 5.91 Å². The van der Waals surface area contributed by atoms with E-state index in [2.05, 4.69) is 71.2 Å². The standard InChI is InChI=1S/C20H23Br2N3O/c1-15-11-17(21)20(18(22)12-15)23-19(26)14-25-9-7-24(8-10-25)13-16-5-3-2-4-6-16/h2-6,11-12H,7-10,13-14H2,1H3,(H,23,26). The van der Waals surface area contributed by atoms with Gasteiger partial charge in [0.05, 0.1) is 12.2 Å². The highest BCUT2D eigenvalue weighted by atomic mass is 79.9. The summed E-state index contributed by atoms with van der Waals surface area (Å²) in [5.74, 6) is 0.0202. The number of nitrogens with zero attached hydrogens (tertiary/aromatic N) is 2. The van der Waals surface area contributed by atoms with Crippen LogP contribution in [-0.2, 0) is 11.3 Å². The van der Waals surface area contributed by atoms with Gasteiger partial charge in [-0.15, -0.1) is 0 Å². The van der Waals surface area contributed by atoms with E-state index in [1.165, 1.54) is 5.56 Å². The quantitative estimate of drug-likeness (QED) is 0.693. The third kappa shape index (κ3) is 5.39. The SMILES string of the molecule is Cc1cc(Br)c(NC(=O)CN2CCN(Cc3ccccc3)CC2)c(Br)c1. The minimum absolute atomic E-state index is 0.0202. The van der Waals surface area contributed by atoms with E-state index < -0.39 is 0 Å². The molecular formula is C20H23Br2N3O. The highest BCUT2D eigenvalue weighted by Gasteiger charge is 2.20. The molecule has 0 bridgehead atoms. The van der Waals surface area contributed by atoms with Gasteiger partial charge >= 0.3 is 0 Å². The molecule has 26 heavy (non-hydrogen) atoms. The molecule has 1 fully saturated rings. The van der Waals surface area contributed by atoms with Gasteiger partial charge in [-0.25, -0.2) is 0 Å². The van der Waals surface area contributed by atoms with Gasteiger partial charge in [0.1, 0.15) is 0 Å². The largest absolute Gasteiger partial charge is 0.323 e. The van der Waals surface area contributed by atoms with E-state index in [0.29, 0.717) is 6.54 Å². The first-order chi connectivity index (χ1) is 12.5. The summed E-state index contributed by atoms with van der Waals surface area (Å²) >= 11 is 7.05. The van der Waals surface area contributed by atoms with Crippen LogP contribution >= 0.6 is 31.9 Å². The van der Waals surface area contributed by atoms with Crippen molar-refractivity contribution in [2.45, 2.75) is 13.5 Å². The van der Waals surface area contributed by atoms with Crippen molar-refractivity contribution in [2.24, 2.45) is 0 Å². The Hall–Kier alpha value is -1.21. The van der Waals surface area contributed by atoms with E-state index in [9.17, 15) is 4.79 Å². The smallest absolute Gasteiger partial charge is 0.238 e. The molecule has 0 saturated carbocycles. The lowest BCUT2D eigenvalue weighted by atomic mass is 10.2. The Morgan fingerprint density at radius 2 is 1.58 bits per heavy atom. The van der Waals surface area contributed by atoms with Gasteiger partial charge < -0.3 is 5.32 Å². The molecule has 1 aliphatic heterocycles. The van der Waals surface area contributed by atoms with Crippen LogP contribution in [0.3, 0.4) is 0 Å². The van der Waals surface area contributed by atoms with E-state index >= 15 is 0 Å². The molecule has 1 saturated heterocycles. The Labute approximate surface area is 171 Å². The predicted octanol–water partition coefficient (Wildman–Crippen LogP) is 4.28. The Kier molecular flexibility index (Phi) is 6.86. The van der Waals surface area contributed by atoms with Crippen LogP contribution in [0.1, 0.15) is 11.1 Å². The third-order valence-corrected chi connectivity index (χ3v) is 5.78. The summed E-state index contributed by atoms with van der Waals surface area (Å²) in [5.41, 5.74) is 3.27. The number of anilines is 1. The number of carbonyl (C=O) groups excluding carboxylic acids is 1. The molecule has 0 spiro atoms. The number of nitrogens with one attached hydrogen (secondary N) is 1. The highest BCUT2D eigenvalue weighted by molar-refractivity contribution is 9.11. The molecule has 1 heterocycles. The number of piperazine rings is 1. The molecule has 0 radical (unpaired) electrons. The van der Waals surface area contributed by atoms with Crippen molar-refractivity contribution in [2.75, 3.05) is 38.0 Å². The van der Waals surface area contributed by atoms with Gasteiger partial charge in [-0.3, -0.25) is 14.6 Å². The molecule has 0 aromatic heterocycles. The summed E-state index contributed by atoms with van der Waals surface area (Å²) in [6.07, 6.45) is 0. The van der Waals surface area contributed by atoms with Crippen LogP contribution in [-0.4, -0.2) is 48.4 Å². The summed E-state index contributed by atoms with van der Waals surface area (Å²) in [6, 6.07) is 14.5. The number of rotatable bonds is 5. The summed E-state index contributed by atoms with van der Waals surface area (Å²) < 4.78 is 1.79. The van der Waals surface area contributed by atoms with Gasteiger partial charge in [0.25, 0.3) is 0 Å². The number of halogens is 2. The first kappa shape index (κ1) is 19.5. The summed E-state index contributed by atoms with van der Waals surface area (Å²) in [6.45, 7) is 7.22. The number of amides is 1. The molecule has 1 N–H and O–H groups in total. The van der Waals surface area contributed by atoms with Gasteiger partial charge in [-0.05, 0) is 62.0 Å². The molecule has 2 aromatic rings. The minimum atomic E-state index is 0.0202. The van der Waals surface area contributed by atoms with Crippen LogP contribution in [0.5, 0.6) is 0 Å². The van der Waals surface area contributed by atoms with Crippen molar-refractivity contribution in [3.05, 3.63) is 62.5 Å². The molecule has 1 aliphatic rings. The summed E-state index contributed by atoms with van der Waals surface area (Å²) in [5, 5.41) is 3.02. The Balaban J connectivity index is 1.48. The van der Waals surface area contributed by atoms with Crippen molar-refractivity contribution in [1.29, 1.82) is 0 Å². The zero-order chi connectivity index (χ0) is 18.5.